The molecule has 1 aliphatic heterocycles. The molecule has 0 aliphatic carbocycles. The van der Waals surface area contributed by atoms with Crippen LogP contribution in [0.2, 0.25) is 0 Å². The Balaban J connectivity index is 1.82. The molecule has 6 nitrogen and oxygen atoms in total. The lowest BCUT2D eigenvalue weighted by Gasteiger charge is -2.17. The van der Waals surface area contributed by atoms with E-state index in [1.807, 2.05) is 55.5 Å². The highest BCUT2D eigenvalue weighted by Gasteiger charge is 2.40. The summed E-state index contributed by atoms with van der Waals surface area (Å²) in [6, 6.07) is 20.3. The molecule has 1 heterocycles. The lowest BCUT2D eigenvalue weighted by Crippen LogP contribution is -2.32. The van der Waals surface area contributed by atoms with Crippen LogP contribution >= 0.6 is 0 Å². The van der Waals surface area contributed by atoms with Gasteiger partial charge in [-0.2, -0.15) is 0 Å². The van der Waals surface area contributed by atoms with Crippen molar-refractivity contribution in [2.24, 2.45) is 0 Å². The molecule has 0 fully saturated rings. The Labute approximate surface area is 199 Å². The Morgan fingerprint density at radius 2 is 1.50 bits per heavy atom. The summed E-state index contributed by atoms with van der Waals surface area (Å²) in [6.07, 6.45) is 0. The van der Waals surface area contributed by atoms with Crippen LogP contribution in [0.25, 0.3) is 5.57 Å². The molecule has 6 heteroatoms. The second-order valence-corrected chi connectivity index (χ2v) is 8.50. The van der Waals surface area contributed by atoms with Gasteiger partial charge in [-0.3, -0.25) is 9.59 Å². The van der Waals surface area contributed by atoms with E-state index in [0.717, 1.165) is 11.1 Å². The number of nitrogens with one attached hydrogen (secondary N) is 1. The van der Waals surface area contributed by atoms with E-state index in [9.17, 15) is 9.59 Å². The monoisotopic (exact) mass is 456 g/mol. The van der Waals surface area contributed by atoms with Crippen molar-refractivity contribution in [1.82, 2.24) is 0 Å². The summed E-state index contributed by atoms with van der Waals surface area (Å²) in [7, 11) is 3.11. The van der Waals surface area contributed by atoms with Crippen LogP contribution in [-0.2, 0) is 9.59 Å². The predicted octanol–water partition coefficient (Wildman–Crippen LogP) is 5.53. The van der Waals surface area contributed by atoms with E-state index in [1.54, 1.807) is 32.4 Å². The lowest BCUT2D eigenvalue weighted by molar-refractivity contribution is -0.120. The fourth-order valence-corrected chi connectivity index (χ4v) is 3.92. The van der Waals surface area contributed by atoms with E-state index in [4.69, 9.17) is 9.47 Å². The van der Waals surface area contributed by atoms with Gasteiger partial charge >= 0.3 is 0 Å². The van der Waals surface area contributed by atoms with Crippen LogP contribution in [0.4, 0.5) is 11.4 Å². The van der Waals surface area contributed by atoms with E-state index in [1.165, 1.54) is 4.90 Å². The zero-order valence-electron chi connectivity index (χ0n) is 20.0. The summed E-state index contributed by atoms with van der Waals surface area (Å²) >= 11 is 0. The summed E-state index contributed by atoms with van der Waals surface area (Å²) in [6.45, 7) is 6.17. The van der Waals surface area contributed by atoms with Crippen molar-refractivity contribution in [2.75, 3.05) is 24.4 Å². The number of aryl methyl sites for hydroxylation is 1. The molecule has 4 rings (SSSR count). The zero-order chi connectivity index (χ0) is 24.4. The fourth-order valence-electron chi connectivity index (χ4n) is 3.92. The minimum atomic E-state index is -0.428. The second-order valence-electron chi connectivity index (χ2n) is 8.50. The zero-order valence-corrected chi connectivity index (χ0v) is 20.0. The molecule has 34 heavy (non-hydrogen) atoms. The number of hydrogen-bond donors (Lipinski definition) is 1. The SMILES string of the molecule is COc1ccc(OC)c(NC2=C(c3ccc(C)cc3)C(=O)N(c3ccc(C(C)C)cc3)C2=O)c1. The average Bonchev–Trinajstić information content (AvgIpc) is 3.08. The van der Waals surface area contributed by atoms with Crippen molar-refractivity contribution in [2.45, 2.75) is 26.7 Å². The van der Waals surface area contributed by atoms with Crippen LogP contribution in [0.15, 0.2) is 72.4 Å². The highest BCUT2D eigenvalue weighted by molar-refractivity contribution is 6.46. The molecular formula is C28H28N2O4. The topological polar surface area (TPSA) is 67.9 Å². The first-order valence-corrected chi connectivity index (χ1v) is 11.1. The first-order valence-electron chi connectivity index (χ1n) is 11.1. The van der Waals surface area contributed by atoms with Gasteiger partial charge < -0.3 is 14.8 Å². The summed E-state index contributed by atoms with van der Waals surface area (Å²) in [5.74, 6) is 0.659. The molecule has 3 aromatic rings. The van der Waals surface area contributed by atoms with Gasteiger partial charge in [-0.25, -0.2) is 4.90 Å². The molecule has 0 unspecified atom stereocenters. The van der Waals surface area contributed by atoms with Gasteiger partial charge in [0.1, 0.15) is 17.2 Å². The number of amides is 2. The maximum absolute atomic E-state index is 13.7. The van der Waals surface area contributed by atoms with Crippen LogP contribution in [0, 0.1) is 6.92 Å². The largest absolute Gasteiger partial charge is 0.497 e. The molecular weight excluding hydrogens is 428 g/mol. The molecule has 0 aromatic heterocycles. The molecule has 174 valence electrons. The number of hydrogen-bond acceptors (Lipinski definition) is 5. The van der Waals surface area contributed by atoms with E-state index >= 15 is 0 Å². The van der Waals surface area contributed by atoms with Crippen LogP contribution in [0.1, 0.15) is 36.5 Å². The molecule has 1 aliphatic rings. The second kappa shape index (κ2) is 9.43. The van der Waals surface area contributed by atoms with Crippen molar-refractivity contribution < 1.29 is 19.1 Å². The van der Waals surface area contributed by atoms with Gasteiger partial charge in [-0.15, -0.1) is 0 Å². The van der Waals surface area contributed by atoms with Crippen molar-refractivity contribution >= 4 is 28.8 Å². The number of ether oxygens (including phenoxy) is 2. The van der Waals surface area contributed by atoms with Crippen molar-refractivity contribution in [1.29, 1.82) is 0 Å². The van der Waals surface area contributed by atoms with Crippen LogP contribution in [0.3, 0.4) is 0 Å². The molecule has 2 amide bonds. The Morgan fingerprint density at radius 3 is 2.09 bits per heavy atom. The summed E-state index contributed by atoms with van der Waals surface area (Å²) < 4.78 is 10.8. The molecule has 0 spiro atoms. The normalized spacial score (nSPS) is 13.6. The van der Waals surface area contributed by atoms with Crippen molar-refractivity contribution in [3.8, 4) is 11.5 Å². The number of methoxy groups -OCH3 is 2. The number of imide groups is 1. The summed E-state index contributed by atoms with van der Waals surface area (Å²) in [5, 5.41) is 3.17. The van der Waals surface area contributed by atoms with E-state index in [2.05, 4.69) is 19.2 Å². The molecule has 0 saturated heterocycles. The number of rotatable bonds is 7. The quantitative estimate of drug-likeness (QED) is 0.473. The molecule has 0 atom stereocenters. The first kappa shape index (κ1) is 23.1. The minimum Gasteiger partial charge on any atom is -0.497 e. The molecule has 0 radical (unpaired) electrons. The van der Waals surface area contributed by atoms with E-state index < -0.39 is 5.91 Å². The number of benzene rings is 3. The van der Waals surface area contributed by atoms with Crippen molar-refractivity contribution in [3.05, 3.63) is 89.1 Å². The van der Waals surface area contributed by atoms with Crippen LogP contribution < -0.4 is 19.7 Å². The predicted molar refractivity (Wildman–Crippen MR) is 134 cm³/mol. The smallest absolute Gasteiger partial charge is 0.282 e. The maximum atomic E-state index is 13.7. The van der Waals surface area contributed by atoms with Gasteiger partial charge in [-0.05, 0) is 48.2 Å². The highest BCUT2D eigenvalue weighted by Crippen LogP contribution is 2.37. The molecule has 0 saturated carbocycles. The molecule has 3 aromatic carbocycles. The molecule has 0 bridgehead atoms. The Bertz CT molecular complexity index is 1260. The summed E-state index contributed by atoms with van der Waals surface area (Å²) in [4.78, 5) is 28.5. The van der Waals surface area contributed by atoms with E-state index in [0.29, 0.717) is 39.9 Å². The lowest BCUT2D eigenvalue weighted by atomic mass is 10.0. The third-order valence-electron chi connectivity index (χ3n) is 5.91. The summed E-state index contributed by atoms with van der Waals surface area (Å²) in [5.41, 5.74) is 4.41. The Kier molecular flexibility index (Phi) is 6.41. The van der Waals surface area contributed by atoms with Gasteiger partial charge in [0.15, 0.2) is 0 Å². The van der Waals surface area contributed by atoms with Gasteiger partial charge in [0.25, 0.3) is 11.8 Å². The number of anilines is 2. The minimum absolute atomic E-state index is 0.188. The van der Waals surface area contributed by atoms with Gasteiger partial charge in [-0.1, -0.05) is 55.8 Å². The number of nitrogens with zero attached hydrogens (tertiary/aromatic N) is 1. The van der Waals surface area contributed by atoms with Crippen molar-refractivity contribution in [3.63, 3.8) is 0 Å². The standard InChI is InChI=1S/C28H28N2O4/c1-17(2)19-10-12-21(13-11-19)30-27(31)25(20-8-6-18(3)7-9-20)26(28(30)32)29-23-16-22(33-4)14-15-24(23)34-5/h6-17,29H,1-5H3. The van der Waals surface area contributed by atoms with Crippen LogP contribution in [0.5, 0.6) is 11.5 Å². The van der Waals surface area contributed by atoms with Gasteiger partial charge in [0, 0.05) is 6.07 Å². The Morgan fingerprint density at radius 1 is 0.824 bits per heavy atom. The third kappa shape index (κ3) is 4.27. The number of carbonyl (C=O) groups excluding carboxylic acids is 2. The van der Waals surface area contributed by atoms with Crippen LogP contribution in [-0.4, -0.2) is 26.0 Å². The third-order valence-corrected chi connectivity index (χ3v) is 5.91. The number of carbonyl (C=O) groups is 2. The van der Waals surface area contributed by atoms with Gasteiger partial charge in [0.2, 0.25) is 0 Å². The van der Waals surface area contributed by atoms with E-state index in [-0.39, 0.29) is 11.6 Å². The molecule has 1 N–H and O–H groups in total. The fraction of sp³-hybridized carbons (Fsp3) is 0.214. The van der Waals surface area contributed by atoms with Gasteiger partial charge in [0.05, 0.1) is 31.2 Å². The first-order chi connectivity index (χ1) is 16.3. The average molecular weight is 457 g/mol. The maximum Gasteiger partial charge on any atom is 0.282 e. The highest BCUT2D eigenvalue weighted by atomic mass is 16.5. The Hall–Kier alpha value is -4.06.